The first kappa shape index (κ1) is 21.6. The third-order valence-corrected chi connectivity index (χ3v) is 4.32. The lowest BCUT2D eigenvalue weighted by molar-refractivity contribution is -0.121. The summed E-state index contributed by atoms with van der Waals surface area (Å²) in [6.07, 6.45) is 1.06. The van der Waals surface area contributed by atoms with Crippen LogP contribution in [0.3, 0.4) is 0 Å². The van der Waals surface area contributed by atoms with E-state index in [0.29, 0.717) is 32.7 Å². The van der Waals surface area contributed by atoms with Crippen LogP contribution in [0.25, 0.3) is 0 Å². The summed E-state index contributed by atoms with van der Waals surface area (Å²) in [6, 6.07) is 13.6. The Hall–Kier alpha value is -2.69. The molecule has 0 aliphatic carbocycles. The molecule has 0 spiro atoms. The van der Waals surface area contributed by atoms with Crippen LogP contribution in [0, 0.1) is 0 Å². The molecule has 0 heterocycles. The van der Waals surface area contributed by atoms with Crippen molar-refractivity contribution in [3.8, 4) is 17.2 Å². The molecule has 0 saturated heterocycles. The fourth-order valence-corrected chi connectivity index (χ4v) is 2.93. The van der Waals surface area contributed by atoms with E-state index in [1.165, 1.54) is 0 Å². The summed E-state index contributed by atoms with van der Waals surface area (Å²) in [4.78, 5) is 12.4. The quantitative estimate of drug-likeness (QED) is 0.609. The van der Waals surface area contributed by atoms with Gasteiger partial charge in [0.1, 0.15) is 5.75 Å². The topological polar surface area (TPSA) is 56.8 Å². The molecule has 2 aromatic rings. The maximum Gasteiger partial charge on any atom is 0.220 e. The van der Waals surface area contributed by atoms with Gasteiger partial charge in [-0.1, -0.05) is 18.2 Å². The maximum absolute atomic E-state index is 12.4. The monoisotopic (exact) mass is 385 g/mol. The van der Waals surface area contributed by atoms with Crippen LogP contribution in [0.15, 0.2) is 42.5 Å². The fourth-order valence-electron chi connectivity index (χ4n) is 2.93. The molecule has 0 aliphatic heterocycles. The van der Waals surface area contributed by atoms with Gasteiger partial charge in [-0.2, -0.15) is 0 Å². The highest BCUT2D eigenvalue weighted by Gasteiger charge is 2.11. The van der Waals surface area contributed by atoms with E-state index in [1.807, 2.05) is 70.2 Å². The zero-order valence-electron chi connectivity index (χ0n) is 17.3. The van der Waals surface area contributed by atoms with Gasteiger partial charge in [0.2, 0.25) is 5.91 Å². The Morgan fingerprint density at radius 3 is 2.18 bits per heavy atom. The lowest BCUT2D eigenvalue weighted by Gasteiger charge is -2.15. The smallest absolute Gasteiger partial charge is 0.220 e. The van der Waals surface area contributed by atoms with E-state index in [0.717, 1.165) is 28.4 Å². The molecule has 1 amide bonds. The number of hydrogen-bond acceptors (Lipinski definition) is 4. The van der Waals surface area contributed by atoms with Crippen molar-refractivity contribution in [2.75, 3.05) is 19.8 Å². The van der Waals surface area contributed by atoms with Crippen LogP contribution in [-0.4, -0.2) is 25.7 Å². The molecule has 0 fully saturated rings. The van der Waals surface area contributed by atoms with Crippen molar-refractivity contribution in [2.24, 2.45) is 0 Å². The third kappa shape index (κ3) is 6.48. The predicted molar refractivity (Wildman–Crippen MR) is 111 cm³/mol. The fraction of sp³-hybridized carbons (Fsp3) is 0.435. The standard InChI is InChI=1S/C23H31NO4/c1-5-26-20-12-10-19(11-13-20)17(4)24-23(25)15-9-18-8-14-21(27-6-2)22(16-18)28-7-3/h8,10-14,16-17H,5-7,9,15H2,1-4H3,(H,24,25)/t17-/m0/s1. The first-order valence-electron chi connectivity index (χ1n) is 9.98. The summed E-state index contributed by atoms with van der Waals surface area (Å²) in [7, 11) is 0. The second-order valence-electron chi connectivity index (χ2n) is 6.44. The molecule has 0 unspecified atom stereocenters. The molecule has 0 radical (unpaired) electrons. The van der Waals surface area contributed by atoms with Crippen LogP contribution in [0.1, 0.15) is 51.3 Å². The van der Waals surface area contributed by atoms with Gasteiger partial charge < -0.3 is 19.5 Å². The van der Waals surface area contributed by atoms with Crippen molar-refractivity contribution in [1.82, 2.24) is 5.32 Å². The van der Waals surface area contributed by atoms with E-state index >= 15 is 0 Å². The highest BCUT2D eigenvalue weighted by Crippen LogP contribution is 2.29. The Morgan fingerprint density at radius 1 is 0.893 bits per heavy atom. The number of nitrogens with one attached hydrogen (secondary N) is 1. The Balaban J connectivity index is 1.89. The van der Waals surface area contributed by atoms with Gasteiger partial charge in [0.05, 0.1) is 25.9 Å². The van der Waals surface area contributed by atoms with Crippen molar-refractivity contribution in [3.63, 3.8) is 0 Å². The summed E-state index contributed by atoms with van der Waals surface area (Å²) in [6.45, 7) is 9.63. The average Bonchev–Trinajstić information content (AvgIpc) is 2.69. The number of rotatable bonds is 11. The van der Waals surface area contributed by atoms with Gasteiger partial charge in [0.25, 0.3) is 0 Å². The van der Waals surface area contributed by atoms with Crippen LogP contribution < -0.4 is 19.5 Å². The summed E-state index contributed by atoms with van der Waals surface area (Å²) in [5.74, 6) is 2.32. The lowest BCUT2D eigenvalue weighted by Crippen LogP contribution is -2.26. The molecule has 1 atom stereocenters. The normalized spacial score (nSPS) is 11.6. The van der Waals surface area contributed by atoms with Crippen molar-refractivity contribution >= 4 is 5.91 Å². The first-order chi connectivity index (χ1) is 13.6. The second-order valence-corrected chi connectivity index (χ2v) is 6.44. The molecule has 2 rings (SSSR count). The van der Waals surface area contributed by atoms with Gasteiger partial charge in [-0.15, -0.1) is 0 Å². The second kappa shape index (κ2) is 11.2. The molecule has 0 bridgehead atoms. The highest BCUT2D eigenvalue weighted by molar-refractivity contribution is 5.76. The zero-order chi connectivity index (χ0) is 20.4. The maximum atomic E-state index is 12.4. The SMILES string of the molecule is CCOc1ccc([C@H](C)NC(=O)CCc2ccc(OCC)c(OCC)c2)cc1. The van der Waals surface area contributed by atoms with Gasteiger partial charge >= 0.3 is 0 Å². The summed E-state index contributed by atoms with van der Waals surface area (Å²) in [5.41, 5.74) is 2.10. The summed E-state index contributed by atoms with van der Waals surface area (Å²) < 4.78 is 16.7. The van der Waals surface area contributed by atoms with Crippen LogP contribution >= 0.6 is 0 Å². The Labute approximate surface area is 168 Å². The van der Waals surface area contributed by atoms with Gasteiger partial charge in [-0.3, -0.25) is 4.79 Å². The van der Waals surface area contributed by atoms with Crippen molar-refractivity contribution < 1.29 is 19.0 Å². The van der Waals surface area contributed by atoms with E-state index in [-0.39, 0.29) is 11.9 Å². The minimum absolute atomic E-state index is 0.0215. The minimum Gasteiger partial charge on any atom is -0.494 e. The Bertz CT molecular complexity index is 743. The molecule has 0 saturated carbocycles. The largest absolute Gasteiger partial charge is 0.494 e. The lowest BCUT2D eigenvalue weighted by atomic mass is 10.1. The Kier molecular flexibility index (Phi) is 8.66. The number of carbonyl (C=O) groups is 1. The summed E-state index contributed by atoms with van der Waals surface area (Å²) in [5, 5.41) is 3.05. The van der Waals surface area contributed by atoms with Gasteiger partial charge in [-0.05, 0) is 69.5 Å². The number of aryl methyl sites for hydroxylation is 1. The van der Waals surface area contributed by atoms with E-state index in [4.69, 9.17) is 14.2 Å². The summed E-state index contributed by atoms with van der Waals surface area (Å²) >= 11 is 0. The molecule has 5 nitrogen and oxygen atoms in total. The van der Waals surface area contributed by atoms with E-state index < -0.39 is 0 Å². The van der Waals surface area contributed by atoms with E-state index in [9.17, 15) is 4.79 Å². The molecular weight excluding hydrogens is 354 g/mol. The molecule has 1 N–H and O–H groups in total. The number of hydrogen-bond donors (Lipinski definition) is 1. The molecule has 2 aromatic carbocycles. The van der Waals surface area contributed by atoms with Gasteiger partial charge in [0.15, 0.2) is 11.5 Å². The minimum atomic E-state index is -0.0532. The number of benzene rings is 2. The van der Waals surface area contributed by atoms with Gasteiger partial charge in [0, 0.05) is 6.42 Å². The predicted octanol–water partition coefficient (Wildman–Crippen LogP) is 4.69. The van der Waals surface area contributed by atoms with E-state index in [2.05, 4.69) is 5.32 Å². The average molecular weight is 386 g/mol. The van der Waals surface area contributed by atoms with Gasteiger partial charge in [-0.25, -0.2) is 0 Å². The zero-order valence-corrected chi connectivity index (χ0v) is 17.3. The molecule has 5 heteroatoms. The van der Waals surface area contributed by atoms with E-state index in [1.54, 1.807) is 0 Å². The van der Waals surface area contributed by atoms with Crippen LogP contribution in [0.4, 0.5) is 0 Å². The Morgan fingerprint density at radius 2 is 1.54 bits per heavy atom. The molecule has 0 aliphatic rings. The van der Waals surface area contributed by atoms with Crippen molar-refractivity contribution in [3.05, 3.63) is 53.6 Å². The van der Waals surface area contributed by atoms with Crippen LogP contribution in [-0.2, 0) is 11.2 Å². The molecule has 0 aromatic heterocycles. The van der Waals surface area contributed by atoms with Crippen LogP contribution in [0.2, 0.25) is 0 Å². The third-order valence-electron chi connectivity index (χ3n) is 4.32. The first-order valence-corrected chi connectivity index (χ1v) is 9.98. The molecular formula is C23H31NO4. The van der Waals surface area contributed by atoms with Crippen LogP contribution in [0.5, 0.6) is 17.2 Å². The van der Waals surface area contributed by atoms with Crippen molar-refractivity contribution in [1.29, 1.82) is 0 Å². The number of amides is 1. The molecule has 152 valence electrons. The number of carbonyl (C=O) groups excluding carboxylic acids is 1. The number of ether oxygens (including phenoxy) is 3. The molecule has 28 heavy (non-hydrogen) atoms. The highest BCUT2D eigenvalue weighted by atomic mass is 16.5. The van der Waals surface area contributed by atoms with Crippen molar-refractivity contribution in [2.45, 2.75) is 46.6 Å².